The van der Waals surface area contributed by atoms with Crippen LogP contribution in [0.5, 0.6) is 0 Å². The van der Waals surface area contributed by atoms with E-state index in [1.54, 1.807) is 0 Å². The molecule has 1 unspecified atom stereocenters. The summed E-state index contributed by atoms with van der Waals surface area (Å²) in [4.78, 5) is 5.78. The Kier molecular flexibility index (Phi) is 3.39. The van der Waals surface area contributed by atoms with Crippen molar-refractivity contribution in [3.63, 3.8) is 0 Å². The highest BCUT2D eigenvalue weighted by molar-refractivity contribution is 9.10. The molecule has 94 valence electrons. The van der Waals surface area contributed by atoms with Crippen molar-refractivity contribution in [3.8, 4) is 0 Å². The molecule has 0 amide bonds. The van der Waals surface area contributed by atoms with Crippen LogP contribution < -0.4 is 5.32 Å². The topological polar surface area (TPSA) is 24.9 Å². The first-order valence-corrected chi connectivity index (χ1v) is 7.83. The van der Waals surface area contributed by atoms with Gasteiger partial charge in [0.15, 0.2) is 0 Å². The Balaban J connectivity index is 1.82. The van der Waals surface area contributed by atoms with Gasteiger partial charge >= 0.3 is 0 Å². The summed E-state index contributed by atoms with van der Waals surface area (Å²) in [6, 6.07) is 6.95. The van der Waals surface area contributed by atoms with E-state index in [0.717, 1.165) is 16.2 Å². The van der Waals surface area contributed by atoms with Gasteiger partial charge in [0.25, 0.3) is 0 Å². The van der Waals surface area contributed by atoms with E-state index >= 15 is 0 Å². The maximum absolute atomic E-state index is 4.35. The number of halogens is 1. The van der Waals surface area contributed by atoms with Crippen LogP contribution in [0, 0.1) is 12.8 Å². The van der Waals surface area contributed by atoms with Crippen LogP contribution in [-0.4, -0.2) is 4.98 Å². The summed E-state index contributed by atoms with van der Waals surface area (Å²) in [7, 11) is 0. The highest BCUT2D eigenvalue weighted by Gasteiger charge is 2.32. The molecule has 0 radical (unpaired) electrons. The molecule has 2 aromatic heterocycles. The van der Waals surface area contributed by atoms with Crippen LogP contribution in [0.25, 0.3) is 0 Å². The number of nitrogens with zero attached hydrogens (tertiary/aromatic N) is 1. The molecule has 0 aliphatic heterocycles. The lowest BCUT2D eigenvalue weighted by molar-refractivity contribution is 0.690. The van der Waals surface area contributed by atoms with Crippen LogP contribution in [0.1, 0.15) is 29.3 Å². The van der Waals surface area contributed by atoms with Gasteiger partial charge in [-0.15, -0.1) is 11.3 Å². The van der Waals surface area contributed by atoms with Crippen LogP contribution in [0.4, 0.5) is 5.69 Å². The fraction of sp³-hybridized carbons (Fsp3) is 0.357. The smallest absolute Gasteiger partial charge is 0.109 e. The number of aryl methyl sites for hydroxylation is 1. The van der Waals surface area contributed by atoms with E-state index in [2.05, 4.69) is 56.7 Å². The maximum Gasteiger partial charge on any atom is 0.109 e. The molecule has 0 saturated heterocycles. The predicted octanol–water partition coefficient (Wildman–Crippen LogP) is 4.78. The second kappa shape index (κ2) is 5.02. The minimum atomic E-state index is 0.451. The predicted molar refractivity (Wildman–Crippen MR) is 80.1 cm³/mol. The Bertz CT molecular complexity index is 535. The Morgan fingerprint density at radius 1 is 1.50 bits per heavy atom. The zero-order chi connectivity index (χ0) is 12.5. The normalized spacial score (nSPS) is 16.6. The quantitative estimate of drug-likeness (QED) is 0.819. The molecular formula is C14H15BrN2S. The minimum Gasteiger partial charge on any atom is -0.376 e. The average molecular weight is 323 g/mol. The van der Waals surface area contributed by atoms with E-state index in [1.807, 2.05) is 17.5 Å². The first-order valence-electron chi connectivity index (χ1n) is 6.16. The van der Waals surface area contributed by atoms with Crippen molar-refractivity contribution in [3.05, 3.63) is 44.8 Å². The Hall–Kier alpha value is -0.870. The molecule has 1 aliphatic rings. The molecule has 2 nitrogen and oxygen atoms in total. The van der Waals surface area contributed by atoms with Crippen molar-refractivity contribution in [2.24, 2.45) is 5.92 Å². The molecule has 4 heteroatoms. The van der Waals surface area contributed by atoms with Crippen molar-refractivity contribution in [2.75, 3.05) is 5.32 Å². The number of rotatable bonds is 4. The van der Waals surface area contributed by atoms with Gasteiger partial charge in [-0.05, 0) is 64.7 Å². The molecule has 0 aromatic carbocycles. The van der Waals surface area contributed by atoms with Gasteiger partial charge in [0.2, 0.25) is 0 Å². The Labute approximate surface area is 120 Å². The second-order valence-electron chi connectivity index (χ2n) is 4.81. The second-order valence-corrected chi connectivity index (χ2v) is 6.54. The van der Waals surface area contributed by atoms with E-state index in [1.165, 1.54) is 23.3 Å². The largest absolute Gasteiger partial charge is 0.376 e. The Morgan fingerprint density at radius 2 is 2.33 bits per heavy atom. The third kappa shape index (κ3) is 2.59. The molecule has 1 saturated carbocycles. The summed E-state index contributed by atoms with van der Waals surface area (Å²) in [5.74, 6) is 0.785. The number of pyridine rings is 1. The Morgan fingerprint density at radius 3 is 2.94 bits per heavy atom. The minimum absolute atomic E-state index is 0.451. The SMILES string of the molecule is Cc1cc(NC(c2cccs2)C2CC2)cnc1Br. The zero-order valence-corrected chi connectivity index (χ0v) is 12.6. The van der Waals surface area contributed by atoms with E-state index in [0.29, 0.717) is 6.04 Å². The van der Waals surface area contributed by atoms with Crippen molar-refractivity contribution in [1.29, 1.82) is 0 Å². The van der Waals surface area contributed by atoms with Crippen molar-refractivity contribution in [1.82, 2.24) is 4.98 Å². The van der Waals surface area contributed by atoms with Gasteiger partial charge in [-0.2, -0.15) is 0 Å². The van der Waals surface area contributed by atoms with Gasteiger partial charge in [-0.3, -0.25) is 0 Å². The van der Waals surface area contributed by atoms with Crippen LogP contribution in [0.2, 0.25) is 0 Å². The standard InChI is InChI=1S/C14H15BrN2S/c1-9-7-11(8-16-14(9)15)17-13(10-4-5-10)12-3-2-6-18-12/h2-3,6-8,10,13,17H,4-5H2,1H3. The lowest BCUT2D eigenvalue weighted by atomic mass is 10.1. The monoisotopic (exact) mass is 322 g/mol. The molecule has 1 atom stereocenters. The molecular weight excluding hydrogens is 308 g/mol. The van der Waals surface area contributed by atoms with Crippen LogP contribution >= 0.6 is 27.3 Å². The first kappa shape index (κ1) is 12.2. The summed E-state index contributed by atoms with van der Waals surface area (Å²) in [6.07, 6.45) is 4.57. The van der Waals surface area contributed by atoms with Crippen LogP contribution in [-0.2, 0) is 0 Å². The summed E-state index contributed by atoms with van der Waals surface area (Å²) in [5.41, 5.74) is 2.28. The number of anilines is 1. The summed E-state index contributed by atoms with van der Waals surface area (Å²) < 4.78 is 0.923. The van der Waals surface area contributed by atoms with Gasteiger partial charge in [0, 0.05) is 4.88 Å². The maximum atomic E-state index is 4.35. The van der Waals surface area contributed by atoms with Crippen molar-refractivity contribution >= 4 is 33.0 Å². The van der Waals surface area contributed by atoms with E-state index < -0.39 is 0 Å². The third-order valence-corrected chi connectivity index (χ3v) is 5.07. The average Bonchev–Trinajstić information content (AvgIpc) is 3.05. The molecule has 0 bridgehead atoms. The van der Waals surface area contributed by atoms with Gasteiger partial charge in [-0.25, -0.2) is 4.98 Å². The lowest BCUT2D eigenvalue weighted by Gasteiger charge is -2.18. The fourth-order valence-electron chi connectivity index (χ4n) is 2.14. The summed E-state index contributed by atoms with van der Waals surface area (Å²) >= 11 is 5.27. The number of nitrogens with one attached hydrogen (secondary N) is 1. The van der Waals surface area contributed by atoms with E-state index in [4.69, 9.17) is 0 Å². The molecule has 1 aliphatic carbocycles. The molecule has 0 spiro atoms. The number of thiophene rings is 1. The number of hydrogen-bond acceptors (Lipinski definition) is 3. The van der Waals surface area contributed by atoms with Crippen molar-refractivity contribution < 1.29 is 0 Å². The molecule has 1 N–H and O–H groups in total. The van der Waals surface area contributed by atoms with Crippen LogP contribution in [0.15, 0.2) is 34.4 Å². The highest BCUT2D eigenvalue weighted by atomic mass is 79.9. The van der Waals surface area contributed by atoms with E-state index in [-0.39, 0.29) is 0 Å². The lowest BCUT2D eigenvalue weighted by Crippen LogP contribution is -2.11. The number of aromatic nitrogens is 1. The third-order valence-electron chi connectivity index (χ3n) is 3.28. The highest BCUT2D eigenvalue weighted by Crippen LogP contribution is 2.44. The molecule has 2 heterocycles. The summed E-state index contributed by atoms with van der Waals surface area (Å²) in [5, 5.41) is 5.79. The van der Waals surface area contributed by atoms with Crippen LogP contribution in [0.3, 0.4) is 0 Å². The first-order chi connectivity index (χ1) is 8.74. The number of hydrogen-bond donors (Lipinski definition) is 1. The zero-order valence-electron chi connectivity index (χ0n) is 10.2. The van der Waals surface area contributed by atoms with Gasteiger partial charge in [-0.1, -0.05) is 6.07 Å². The molecule has 2 aromatic rings. The molecule has 3 rings (SSSR count). The van der Waals surface area contributed by atoms with Gasteiger partial charge in [0.05, 0.1) is 17.9 Å². The fourth-order valence-corrected chi connectivity index (χ4v) is 3.22. The van der Waals surface area contributed by atoms with Gasteiger partial charge < -0.3 is 5.32 Å². The summed E-state index contributed by atoms with van der Waals surface area (Å²) in [6.45, 7) is 2.07. The molecule has 18 heavy (non-hydrogen) atoms. The van der Waals surface area contributed by atoms with E-state index in [9.17, 15) is 0 Å². The van der Waals surface area contributed by atoms with Crippen molar-refractivity contribution in [2.45, 2.75) is 25.8 Å². The van der Waals surface area contributed by atoms with Gasteiger partial charge in [0.1, 0.15) is 4.60 Å². The molecule has 1 fully saturated rings.